The molecular weight excluding hydrogens is 282 g/mol. The number of azide groups is 1. The molecule has 0 atom stereocenters. The quantitative estimate of drug-likeness (QED) is 0.370. The van der Waals surface area contributed by atoms with E-state index in [4.69, 9.17) is 5.53 Å². The first-order valence-electron chi connectivity index (χ1n) is 6.97. The minimum absolute atomic E-state index is 0.0126. The van der Waals surface area contributed by atoms with Crippen LogP contribution in [0.5, 0.6) is 0 Å². The maximum absolute atomic E-state index is 12.4. The summed E-state index contributed by atoms with van der Waals surface area (Å²) < 4.78 is 0. The van der Waals surface area contributed by atoms with E-state index < -0.39 is 0 Å². The average molecular weight is 299 g/mol. The molecule has 1 fully saturated rings. The summed E-state index contributed by atoms with van der Waals surface area (Å²) in [4.78, 5) is 29.8. The van der Waals surface area contributed by atoms with Crippen molar-refractivity contribution >= 4 is 17.4 Å². The van der Waals surface area contributed by atoms with Crippen LogP contribution in [-0.4, -0.2) is 47.7 Å². The van der Waals surface area contributed by atoms with Crippen molar-refractivity contribution in [1.29, 1.82) is 0 Å². The van der Waals surface area contributed by atoms with Crippen LogP contribution < -0.4 is 0 Å². The van der Waals surface area contributed by atoms with Crippen LogP contribution in [0.15, 0.2) is 41.7 Å². The Morgan fingerprint density at radius 1 is 1.18 bits per heavy atom. The summed E-state index contributed by atoms with van der Waals surface area (Å²) in [5.74, 6) is -0.0266. The molecule has 0 bridgehead atoms. The highest BCUT2D eigenvalue weighted by atomic mass is 16.2. The highest BCUT2D eigenvalue weighted by Gasteiger charge is 2.20. The first-order chi connectivity index (χ1) is 10.6. The molecule has 0 radical (unpaired) electrons. The zero-order chi connectivity index (χ0) is 15.9. The number of nitrogens with zero attached hydrogens (tertiary/aromatic N) is 5. The SMILES string of the molecule is CC(=O)/C=C/N1CCN(C(=O)c2ccc(N=[N+]=[N-])cc2)CC1. The second kappa shape index (κ2) is 7.28. The van der Waals surface area contributed by atoms with Crippen molar-refractivity contribution in [2.45, 2.75) is 6.92 Å². The Kier molecular flexibility index (Phi) is 5.16. The molecule has 1 saturated heterocycles. The molecule has 0 N–H and O–H groups in total. The van der Waals surface area contributed by atoms with Gasteiger partial charge in [0.25, 0.3) is 5.91 Å². The van der Waals surface area contributed by atoms with Gasteiger partial charge in [-0.25, -0.2) is 0 Å². The molecule has 1 aromatic carbocycles. The highest BCUT2D eigenvalue weighted by Crippen LogP contribution is 2.15. The van der Waals surface area contributed by atoms with E-state index in [0.717, 1.165) is 0 Å². The minimum atomic E-state index is -0.0392. The number of ketones is 1. The van der Waals surface area contributed by atoms with Crippen LogP contribution in [0.25, 0.3) is 10.4 Å². The van der Waals surface area contributed by atoms with Crippen LogP contribution >= 0.6 is 0 Å². The number of carbonyl (C=O) groups excluding carboxylic acids is 2. The Bertz CT molecular complexity index is 624. The van der Waals surface area contributed by atoms with E-state index >= 15 is 0 Å². The maximum Gasteiger partial charge on any atom is 0.253 e. The molecule has 0 unspecified atom stereocenters. The number of amides is 1. The summed E-state index contributed by atoms with van der Waals surface area (Å²) in [7, 11) is 0. The normalized spacial score (nSPS) is 14.8. The maximum atomic E-state index is 12.4. The molecule has 7 nitrogen and oxygen atoms in total. The number of hydrogen-bond acceptors (Lipinski definition) is 4. The largest absolute Gasteiger partial charge is 0.374 e. The Balaban J connectivity index is 1.94. The van der Waals surface area contributed by atoms with Crippen molar-refractivity contribution in [2.75, 3.05) is 26.2 Å². The Morgan fingerprint density at radius 3 is 2.36 bits per heavy atom. The Hall–Kier alpha value is -2.79. The van der Waals surface area contributed by atoms with Gasteiger partial charge in [0.05, 0.1) is 0 Å². The first kappa shape index (κ1) is 15.6. The van der Waals surface area contributed by atoms with Gasteiger partial charge in [-0.15, -0.1) is 0 Å². The van der Waals surface area contributed by atoms with Crippen molar-refractivity contribution < 1.29 is 9.59 Å². The van der Waals surface area contributed by atoms with Crippen molar-refractivity contribution in [1.82, 2.24) is 9.80 Å². The van der Waals surface area contributed by atoms with Crippen LogP contribution in [0.2, 0.25) is 0 Å². The van der Waals surface area contributed by atoms with Crippen molar-refractivity contribution in [2.24, 2.45) is 5.11 Å². The molecule has 0 saturated carbocycles. The Labute approximate surface area is 128 Å². The first-order valence-corrected chi connectivity index (χ1v) is 6.97. The zero-order valence-electron chi connectivity index (χ0n) is 12.3. The fourth-order valence-electron chi connectivity index (χ4n) is 2.19. The standard InChI is InChI=1S/C15H17N5O2/c1-12(21)6-7-19-8-10-20(11-9-19)15(22)13-2-4-14(5-3-13)17-18-16/h2-7H,8-11H2,1H3/b7-6+. The number of hydrogen-bond donors (Lipinski definition) is 0. The predicted molar refractivity (Wildman–Crippen MR) is 82.5 cm³/mol. The van der Waals surface area contributed by atoms with Gasteiger partial charge >= 0.3 is 0 Å². The summed E-state index contributed by atoms with van der Waals surface area (Å²) in [5, 5.41) is 3.48. The summed E-state index contributed by atoms with van der Waals surface area (Å²) in [6.45, 7) is 4.13. The van der Waals surface area contributed by atoms with Crippen molar-refractivity contribution in [3.63, 3.8) is 0 Å². The van der Waals surface area contributed by atoms with Gasteiger partial charge in [0.15, 0.2) is 5.78 Å². The van der Waals surface area contributed by atoms with E-state index in [9.17, 15) is 9.59 Å². The summed E-state index contributed by atoms with van der Waals surface area (Å²) in [6.07, 6.45) is 3.31. The van der Waals surface area contributed by atoms with Gasteiger partial charge < -0.3 is 9.80 Å². The fraction of sp³-hybridized carbons (Fsp3) is 0.333. The highest BCUT2D eigenvalue weighted by molar-refractivity contribution is 5.94. The molecule has 0 spiro atoms. The molecule has 22 heavy (non-hydrogen) atoms. The fourth-order valence-corrected chi connectivity index (χ4v) is 2.19. The summed E-state index contributed by atoms with van der Waals surface area (Å²) >= 11 is 0. The molecule has 2 rings (SSSR count). The molecule has 0 aliphatic carbocycles. The lowest BCUT2D eigenvalue weighted by Crippen LogP contribution is -2.46. The monoisotopic (exact) mass is 299 g/mol. The van der Waals surface area contributed by atoms with Gasteiger partial charge in [-0.3, -0.25) is 9.59 Å². The number of carbonyl (C=O) groups is 2. The second-order valence-corrected chi connectivity index (χ2v) is 4.99. The molecular formula is C15H17N5O2. The molecule has 1 heterocycles. The van der Waals surface area contributed by atoms with Crippen LogP contribution in [0.1, 0.15) is 17.3 Å². The lowest BCUT2D eigenvalue weighted by atomic mass is 10.1. The smallest absolute Gasteiger partial charge is 0.253 e. The van der Waals surface area contributed by atoms with Crippen molar-refractivity contribution in [3.8, 4) is 0 Å². The second-order valence-electron chi connectivity index (χ2n) is 4.99. The van der Waals surface area contributed by atoms with Crippen molar-refractivity contribution in [3.05, 3.63) is 52.5 Å². The summed E-state index contributed by atoms with van der Waals surface area (Å²) in [6, 6.07) is 6.57. The number of allylic oxidation sites excluding steroid dienone is 1. The molecule has 1 aliphatic heterocycles. The van der Waals surface area contributed by atoms with Gasteiger partial charge in [0, 0.05) is 48.5 Å². The Morgan fingerprint density at radius 2 is 1.82 bits per heavy atom. The number of benzene rings is 1. The minimum Gasteiger partial charge on any atom is -0.374 e. The predicted octanol–water partition coefficient (Wildman–Crippen LogP) is 2.49. The topological polar surface area (TPSA) is 89.4 Å². The van der Waals surface area contributed by atoms with E-state index in [0.29, 0.717) is 37.4 Å². The van der Waals surface area contributed by atoms with Crippen LogP contribution in [0.3, 0.4) is 0 Å². The van der Waals surface area contributed by atoms with E-state index in [2.05, 4.69) is 10.0 Å². The molecule has 114 valence electrons. The van der Waals surface area contributed by atoms with E-state index in [1.54, 1.807) is 35.4 Å². The third-order valence-corrected chi connectivity index (χ3v) is 3.40. The van der Waals surface area contributed by atoms with E-state index in [1.165, 1.54) is 13.0 Å². The van der Waals surface area contributed by atoms with E-state index in [1.807, 2.05) is 4.90 Å². The summed E-state index contributed by atoms with van der Waals surface area (Å²) in [5.41, 5.74) is 9.41. The molecule has 1 aliphatic rings. The number of piperazine rings is 1. The lowest BCUT2D eigenvalue weighted by molar-refractivity contribution is -0.112. The van der Waals surface area contributed by atoms with E-state index in [-0.39, 0.29) is 11.7 Å². The van der Waals surface area contributed by atoms with Crippen LogP contribution in [0.4, 0.5) is 5.69 Å². The third kappa shape index (κ3) is 4.10. The zero-order valence-corrected chi connectivity index (χ0v) is 12.3. The number of rotatable bonds is 4. The molecule has 1 amide bonds. The van der Waals surface area contributed by atoms with Gasteiger partial charge in [-0.2, -0.15) is 0 Å². The lowest BCUT2D eigenvalue weighted by Gasteiger charge is -2.34. The van der Waals surface area contributed by atoms with Gasteiger partial charge in [-0.1, -0.05) is 17.2 Å². The molecule has 1 aromatic rings. The van der Waals surface area contributed by atoms with Gasteiger partial charge in [0.1, 0.15) is 0 Å². The van der Waals surface area contributed by atoms with Crippen LogP contribution in [-0.2, 0) is 4.79 Å². The van der Waals surface area contributed by atoms with Gasteiger partial charge in [-0.05, 0) is 30.7 Å². The van der Waals surface area contributed by atoms with Crippen LogP contribution in [0, 0.1) is 0 Å². The molecule has 0 aromatic heterocycles. The molecule has 7 heteroatoms. The average Bonchev–Trinajstić information content (AvgIpc) is 2.54. The van der Waals surface area contributed by atoms with Gasteiger partial charge in [0.2, 0.25) is 0 Å². The third-order valence-electron chi connectivity index (χ3n) is 3.40.